The molecule has 3 saturated heterocycles. The van der Waals surface area contributed by atoms with E-state index in [0.717, 1.165) is 6.54 Å². The summed E-state index contributed by atoms with van der Waals surface area (Å²) in [6.07, 6.45) is -2.26. The molecule has 3 fully saturated rings. The van der Waals surface area contributed by atoms with Crippen molar-refractivity contribution in [1.29, 1.82) is 0 Å². The Morgan fingerprint density at radius 3 is 2.33 bits per heavy atom. The number of hydrogen-bond donors (Lipinski definition) is 3. The molecule has 1 unspecified atom stereocenters. The molecule has 3 aliphatic heterocycles. The third-order valence-electron chi connectivity index (χ3n) is 10.5. The van der Waals surface area contributed by atoms with Crippen LogP contribution in [0.25, 0.3) is 0 Å². The number of aliphatic hydroxyl groups excluding tert-OH is 2. The van der Waals surface area contributed by atoms with Gasteiger partial charge in [-0.2, -0.15) is 0 Å². The van der Waals surface area contributed by atoms with Gasteiger partial charge < -0.3 is 39.4 Å². The SMILES string of the molecule is CCN1C[C@H](C)C[C@@](C)(OC)[C@H](O[C@@H]2O[C@H](C)C[C@H](N(C)C)[C@H]2O)[C@@H](C)C(=O)C(C)(C)C(=O)OC[C@H]1C1CN(C(O)CNC)C1. The fraction of sp³-hybridized carbons (Fsp3) is 0.939. The number of nitrogens with zero attached hydrogens (tertiary/aromatic N) is 3. The van der Waals surface area contributed by atoms with Crippen LogP contribution in [0.4, 0.5) is 0 Å². The molecule has 0 amide bonds. The second-order valence-electron chi connectivity index (χ2n) is 14.7. The van der Waals surface area contributed by atoms with Gasteiger partial charge in [0.05, 0.1) is 17.8 Å². The molecule has 0 spiro atoms. The van der Waals surface area contributed by atoms with Gasteiger partial charge in [-0.3, -0.25) is 19.4 Å². The molecular formula is C33H62N4O8. The molecule has 10 atom stereocenters. The van der Waals surface area contributed by atoms with Gasteiger partial charge in [0, 0.05) is 57.2 Å². The van der Waals surface area contributed by atoms with E-state index in [2.05, 4.69) is 24.1 Å². The number of Topliss-reactive ketones (excluding diaryl/α,β-unsaturated/α-hetero) is 1. The molecule has 3 rings (SSSR count). The number of likely N-dealkylation sites (tertiary alicyclic amines) is 1. The van der Waals surface area contributed by atoms with Crippen molar-refractivity contribution >= 4 is 11.8 Å². The summed E-state index contributed by atoms with van der Waals surface area (Å²) in [5.74, 6) is -1.35. The smallest absolute Gasteiger partial charge is 0.319 e. The molecule has 0 saturated carbocycles. The summed E-state index contributed by atoms with van der Waals surface area (Å²) in [5, 5.41) is 24.8. The Labute approximate surface area is 271 Å². The highest BCUT2D eigenvalue weighted by molar-refractivity contribution is 6.04. The second kappa shape index (κ2) is 15.8. The average molecular weight is 643 g/mol. The lowest BCUT2D eigenvalue weighted by Crippen LogP contribution is -2.62. The predicted molar refractivity (Wildman–Crippen MR) is 171 cm³/mol. The minimum Gasteiger partial charge on any atom is -0.463 e. The zero-order chi connectivity index (χ0) is 33.9. The number of hydrogen-bond acceptors (Lipinski definition) is 12. The number of carbonyl (C=O) groups is 2. The Bertz CT molecular complexity index is 978. The molecule has 0 aromatic heterocycles. The van der Waals surface area contributed by atoms with Crippen molar-refractivity contribution in [2.24, 2.45) is 23.2 Å². The standard InChI is InChI=1S/C33H62N4O8/c1-12-36-16-20(2)14-33(7,42-11)29(45-30-27(39)24(35(9)10)13-21(3)44-30)22(4)28(40)32(5,6)31(41)43-19-25(36)23-17-37(18-23)26(38)15-34-8/h20-27,29-30,34,38-39H,12-19H2,1-11H3/t20-,21-,22+,24+,25+,26?,27-,29-,30+,33-/m1/s1. The van der Waals surface area contributed by atoms with E-state index in [1.807, 2.05) is 44.8 Å². The molecule has 45 heavy (non-hydrogen) atoms. The lowest BCUT2D eigenvalue weighted by atomic mass is 9.74. The average Bonchev–Trinajstić information content (AvgIpc) is 2.95. The Kier molecular flexibility index (Phi) is 13.4. The quantitative estimate of drug-likeness (QED) is 0.246. The Hall–Kier alpha value is -1.22. The van der Waals surface area contributed by atoms with Gasteiger partial charge in [-0.05, 0) is 74.1 Å². The lowest BCUT2D eigenvalue weighted by molar-refractivity contribution is -0.295. The first-order valence-electron chi connectivity index (χ1n) is 16.7. The van der Waals surface area contributed by atoms with Gasteiger partial charge in [0.1, 0.15) is 24.4 Å². The molecule has 0 aromatic rings. The summed E-state index contributed by atoms with van der Waals surface area (Å²) in [7, 11) is 7.28. The van der Waals surface area contributed by atoms with E-state index in [1.165, 1.54) is 0 Å². The maximum Gasteiger partial charge on any atom is 0.319 e. The summed E-state index contributed by atoms with van der Waals surface area (Å²) in [5.41, 5.74) is -2.39. The highest BCUT2D eigenvalue weighted by Gasteiger charge is 2.52. The van der Waals surface area contributed by atoms with Crippen molar-refractivity contribution in [3.63, 3.8) is 0 Å². The Balaban J connectivity index is 1.96. The van der Waals surface area contributed by atoms with Crippen molar-refractivity contribution < 1.29 is 38.7 Å². The molecule has 0 radical (unpaired) electrons. The summed E-state index contributed by atoms with van der Waals surface area (Å²) >= 11 is 0. The van der Waals surface area contributed by atoms with Gasteiger partial charge in [0.2, 0.25) is 0 Å². The highest BCUT2D eigenvalue weighted by Crippen LogP contribution is 2.39. The third-order valence-corrected chi connectivity index (χ3v) is 10.5. The molecule has 0 aliphatic carbocycles. The molecule has 3 aliphatic rings. The predicted octanol–water partition coefficient (Wildman–Crippen LogP) is 1.18. The van der Waals surface area contributed by atoms with Crippen LogP contribution in [0.15, 0.2) is 0 Å². The van der Waals surface area contributed by atoms with E-state index in [9.17, 15) is 19.8 Å². The number of nitrogens with one attached hydrogen (secondary N) is 1. The molecule has 12 nitrogen and oxygen atoms in total. The highest BCUT2D eigenvalue weighted by atomic mass is 16.7. The van der Waals surface area contributed by atoms with E-state index < -0.39 is 47.6 Å². The van der Waals surface area contributed by atoms with Crippen molar-refractivity contribution in [1.82, 2.24) is 20.0 Å². The van der Waals surface area contributed by atoms with Gasteiger partial charge in [-0.15, -0.1) is 0 Å². The number of aliphatic hydroxyl groups is 2. The first kappa shape index (κ1) is 38.2. The molecule has 3 N–H and O–H groups in total. The minimum absolute atomic E-state index is 0.0698. The van der Waals surface area contributed by atoms with E-state index in [4.69, 9.17) is 18.9 Å². The van der Waals surface area contributed by atoms with Crippen LogP contribution >= 0.6 is 0 Å². The number of ketones is 1. The molecular weight excluding hydrogens is 580 g/mol. The number of carbonyl (C=O) groups excluding carboxylic acids is 2. The van der Waals surface area contributed by atoms with E-state index >= 15 is 0 Å². The molecule has 262 valence electrons. The van der Waals surface area contributed by atoms with Gasteiger partial charge in [-0.1, -0.05) is 20.8 Å². The first-order valence-corrected chi connectivity index (χ1v) is 16.7. The molecule has 12 heteroatoms. The molecule has 0 bridgehead atoms. The fourth-order valence-corrected chi connectivity index (χ4v) is 7.60. The second-order valence-corrected chi connectivity index (χ2v) is 14.7. The van der Waals surface area contributed by atoms with Crippen LogP contribution in [-0.2, 0) is 28.5 Å². The minimum atomic E-state index is -1.45. The summed E-state index contributed by atoms with van der Waals surface area (Å²) in [6.45, 7) is 16.6. The zero-order valence-corrected chi connectivity index (χ0v) is 29.6. The van der Waals surface area contributed by atoms with Crippen LogP contribution in [0.2, 0.25) is 0 Å². The van der Waals surface area contributed by atoms with Crippen LogP contribution in [0.5, 0.6) is 0 Å². The van der Waals surface area contributed by atoms with Crippen molar-refractivity contribution in [2.45, 2.75) is 110 Å². The summed E-state index contributed by atoms with van der Waals surface area (Å²) < 4.78 is 25.0. The number of likely N-dealkylation sites (N-methyl/N-ethyl adjacent to an activating group) is 3. The number of methoxy groups -OCH3 is 1. The number of esters is 1. The topological polar surface area (TPSA) is 133 Å². The van der Waals surface area contributed by atoms with E-state index in [1.54, 1.807) is 27.9 Å². The van der Waals surface area contributed by atoms with Crippen molar-refractivity contribution in [2.75, 3.05) is 67.6 Å². The van der Waals surface area contributed by atoms with Gasteiger partial charge in [0.25, 0.3) is 0 Å². The lowest BCUT2D eigenvalue weighted by Gasteiger charge is -2.49. The fourth-order valence-electron chi connectivity index (χ4n) is 7.60. The molecule has 3 heterocycles. The number of cyclic esters (lactones) is 1. The largest absolute Gasteiger partial charge is 0.463 e. The summed E-state index contributed by atoms with van der Waals surface area (Å²) in [4.78, 5) is 34.2. The van der Waals surface area contributed by atoms with Crippen LogP contribution in [0.1, 0.15) is 61.3 Å². The number of rotatable bonds is 9. The van der Waals surface area contributed by atoms with Crippen molar-refractivity contribution in [3.8, 4) is 0 Å². The van der Waals surface area contributed by atoms with Crippen LogP contribution < -0.4 is 5.32 Å². The number of ether oxygens (including phenoxy) is 4. The van der Waals surface area contributed by atoms with Crippen LogP contribution in [0.3, 0.4) is 0 Å². The normalized spacial score (nSPS) is 39.0. The third kappa shape index (κ3) is 8.63. The van der Waals surface area contributed by atoms with Gasteiger partial charge >= 0.3 is 5.97 Å². The van der Waals surface area contributed by atoms with Crippen LogP contribution in [-0.4, -0.2) is 153 Å². The van der Waals surface area contributed by atoms with Crippen molar-refractivity contribution in [3.05, 3.63) is 0 Å². The van der Waals surface area contributed by atoms with Gasteiger partial charge in [-0.25, -0.2) is 0 Å². The summed E-state index contributed by atoms with van der Waals surface area (Å²) in [6, 6.07) is -0.255. The maximum atomic E-state index is 14.2. The molecule has 0 aromatic carbocycles. The first-order chi connectivity index (χ1) is 21.0. The van der Waals surface area contributed by atoms with Crippen LogP contribution in [0, 0.1) is 23.2 Å². The Morgan fingerprint density at radius 1 is 1.13 bits per heavy atom. The van der Waals surface area contributed by atoms with E-state index in [-0.39, 0.29) is 42.4 Å². The van der Waals surface area contributed by atoms with E-state index in [0.29, 0.717) is 39.0 Å². The monoisotopic (exact) mass is 642 g/mol. The van der Waals surface area contributed by atoms with Gasteiger partial charge in [0.15, 0.2) is 12.1 Å². The zero-order valence-electron chi connectivity index (χ0n) is 29.6. The maximum absolute atomic E-state index is 14.2. The Morgan fingerprint density at radius 2 is 1.78 bits per heavy atom.